The lowest BCUT2D eigenvalue weighted by Crippen LogP contribution is -2.73. The summed E-state index contributed by atoms with van der Waals surface area (Å²) in [5.74, 6) is -4.34. The number of nitro benzene ring substituents is 1. The number of hydrogen-bond acceptors (Lipinski definition) is 12. The molecule has 2 aromatic rings. The molecule has 2 atom stereocenters. The number of thiazole rings is 1. The Bertz CT molecular complexity index is 1380. The fraction of sp³-hybridized carbons (Fsp3) is 0.318. The number of nitrogens with zero attached hydrogens (tertiary/aromatic N) is 3. The molecule has 1 aliphatic heterocycles. The van der Waals surface area contributed by atoms with Gasteiger partial charge in [0.15, 0.2) is 10.8 Å². The number of hydrogen-bond donors (Lipinski definition) is 4. The van der Waals surface area contributed by atoms with Crippen molar-refractivity contribution in [2.24, 2.45) is 10.9 Å². The molecule has 1 fully saturated rings. The van der Waals surface area contributed by atoms with Crippen LogP contribution in [0.4, 0.5) is 10.8 Å². The predicted molar refractivity (Wildman–Crippen MR) is 139 cm³/mol. The molecule has 0 aliphatic carbocycles. The number of nitrogens with two attached hydrogens (primary N) is 1. The lowest BCUT2D eigenvalue weighted by Gasteiger charge is -2.34. The minimum atomic E-state index is -1.75. The second-order valence-electron chi connectivity index (χ2n) is 8.60. The van der Waals surface area contributed by atoms with E-state index in [0.717, 1.165) is 11.3 Å². The molecule has 1 aliphatic rings. The van der Waals surface area contributed by atoms with Gasteiger partial charge in [-0.05, 0) is 31.5 Å². The maximum Gasteiger partial charge on any atom is 0.353 e. The highest BCUT2D eigenvalue weighted by Gasteiger charge is 2.45. The summed E-state index contributed by atoms with van der Waals surface area (Å²) in [5, 5.41) is 22.9. The van der Waals surface area contributed by atoms with Crippen molar-refractivity contribution in [1.82, 2.24) is 15.6 Å². The Kier molecular flexibility index (Phi) is 9.33. The molecule has 40 heavy (non-hydrogen) atoms. The molecule has 1 saturated heterocycles. The van der Waals surface area contributed by atoms with Crippen molar-refractivity contribution < 1.29 is 38.5 Å². The summed E-state index contributed by atoms with van der Waals surface area (Å²) < 4.78 is 5.22. The van der Waals surface area contributed by atoms with Gasteiger partial charge in [0.25, 0.3) is 11.6 Å². The number of nitrogens with one attached hydrogen (secondary N) is 3. The van der Waals surface area contributed by atoms with E-state index in [-0.39, 0.29) is 29.0 Å². The number of primary amides is 1. The van der Waals surface area contributed by atoms with Crippen LogP contribution in [0.15, 0.2) is 34.8 Å². The molecule has 212 valence electrons. The van der Waals surface area contributed by atoms with E-state index in [9.17, 15) is 34.1 Å². The van der Waals surface area contributed by atoms with Crippen molar-refractivity contribution in [2.45, 2.75) is 38.1 Å². The number of rotatable bonds is 12. The summed E-state index contributed by atoms with van der Waals surface area (Å²) >= 11 is 6.41. The number of oxime groups is 1. The van der Waals surface area contributed by atoms with E-state index in [1.54, 1.807) is 0 Å². The summed E-state index contributed by atoms with van der Waals surface area (Å²) in [4.78, 5) is 80.3. The molecule has 1 aromatic heterocycles. The van der Waals surface area contributed by atoms with E-state index in [4.69, 9.17) is 26.9 Å². The van der Waals surface area contributed by atoms with Crippen LogP contribution in [0.1, 0.15) is 25.1 Å². The van der Waals surface area contributed by atoms with Gasteiger partial charge < -0.3 is 31.3 Å². The largest absolute Gasteiger partial charge is 0.458 e. The number of β-lactam (4-membered cyclic amide) rings is 1. The topological polar surface area (TPSA) is 234 Å². The number of alkyl halides is 1. The maximum atomic E-state index is 13.1. The minimum absolute atomic E-state index is 0.0688. The number of aromatic nitrogens is 1. The van der Waals surface area contributed by atoms with Crippen LogP contribution in [-0.2, 0) is 40.2 Å². The number of anilines is 1. The van der Waals surface area contributed by atoms with Crippen molar-refractivity contribution in [3.63, 3.8) is 0 Å². The Morgan fingerprint density at radius 3 is 2.52 bits per heavy atom. The van der Waals surface area contributed by atoms with Gasteiger partial charge in [-0.25, -0.2) is 9.78 Å². The fourth-order valence-corrected chi connectivity index (χ4v) is 3.78. The lowest BCUT2D eigenvalue weighted by molar-refractivity contribution is -0.384. The molecule has 0 radical (unpaired) electrons. The third-order valence-corrected chi connectivity index (χ3v) is 6.21. The smallest absolute Gasteiger partial charge is 0.353 e. The number of non-ortho nitro benzene ring substituents is 1. The summed E-state index contributed by atoms with van der Waals surface area (Å²) in [6.07, 6.45) is 0. The molecular formula is C22H22ClN7O9S. The van der Waals surface area contributed by atoms with Crippen LogP contribution in [0.5, 0.6) is 0 Å². The summed E-state index contributed by atoms with van der Waals surface area (Å²) in [6.45, 7) is 2.38. The number of esters is 1. The average Bonchev–Trinajstić information content (AvgIpc) is 3.36. The van der Waals surface area contributed by atoms with Crippen molar-refractivity contribution in [1.29, 1.82) is 0 Å². The molecule has 0 spiro atoms. The second-order valence-corrected chi connectivity index (χ2v) is 9.73. The first-order valence-corrected chi connectivity index (χ1v) is 12.6. The Labute approximate surface area is 234 Å². The standard InChI is InChI=1S/C22H22ClN7O9S/c1-22(2,20(35)38-8-10-3-5-11(6-4-10)30(36)37)39-29-14(12-9-40-21(25-12)26-13(31)7-23)18(33)28-16-15(17(24)32)27-19(16)34/h3-6,9,15-16H,7-8H2,1-2H3,(H2,24,32)(H,27,34)(H,28,33)(H,25,26,31)/b29-14-. The van der Waals surface area contributed by atoms with E-state index in [0.29, 0.717) is 5.56 Å². The van der Waals surface area contributed by atoms with E-state index in [2.05, 4.69) is 26.1 Å². The van der Waals surface area contributed by atoms with Gasteiger partial charge >= 0.3 is 5.97 Å². The molecule has 18 heteroatoms. The number of nitro groups is 1. The monoisotopic (exact) mass is 595 g/mol. The third-order valence-electron chi connectivity index (χ3n) is 5.21. The Morgan fingerprint density at radius 1 is 1.27 bits per heavy atom. The highest BCUT2D eigenvalue weighted by molar-refractivity contribution is 7.14. The molecule has 0 saturated carbocycles. The molecule has 16 nitrogen and oxygen atoms in total. The van der Waals surface area contributed by atoms with Gasteiger partial charge in [-0.3, -0.25) is 29.3 Å². The molecular weight excluding hydrogens is 574 g/mol. The van der Waals surface area contributed by atoms with E-state index in [1.165, 1.54) is 43.5 Å². The van der Waals surface area contributed by atoms with Crippen LogP contribution in [0.25, 0.3) is 0 Å². The number of ether oxygens (including phenoxy) is 1. The molecule has 5 N–H and O–H groups in total. The Morgan fingerprint density at radius 2 is 1.95 bits per heavy atom. The molecule has 2 heterocycles. The van der Waals surface area contributed by atoms with Gasteiger partial charge in [0.1, 0.15) is 30.3 Å². The van der Waals surface area contributed by atoms with Crippen LogP contribution >= 0.6 is 22.9 Å². The van der Waals surface area contributed by atoms with Crippen LogP contribution in [-0.4, -0.2) is 68.8 Å². The predicted octanol–water partition coefficient (Wildman–Crippen LogP) is -0.0602. The molecule has 2 unspecified atom stereocenters. The SMILES string of the molecule is CC(C)(O/N=C(\C(=O)NC1C(=O)NC1C(N)=O)c1csc(NC(=O)CCl)n1)C(=O)OCc1ccc([N+](=O)[O-])cc1. The van der Waals surface area contributed by atoms with Gasteiger partial charge in [-0.2, -0.15) is 0 Å². The van der Waals surface area contributed by atoms with Crippen LogP contribution < -0.4 is 21.7 Å². The van der Waals surface area contributed by atoms with Crippen molar-refractivity contribution in [2.75, 3.05) is 11.2 Å². The first-order chi connectivity index (χ1) is 18.8. The van der Waals surface area contributed by atoms with Gasteiger partial charge in [-0.1, -0.05) is 5.16 Å². The number of carbonyl (C=O) groups excluding carboxylic acids is 5. The zero-order valence-corrected chi connectivity index (χ0v) is 22.4. The van der Waals surface area contributed by atoms with Crippen molar-refractivity contribution >= 4 is 69.1 Å². The van der Waals surface area contributed by atoms with Crippen LogP contribution in [0, 0.1) is 10.1 Å². The minimum Gasteiger partial charge on any atom is -0.458 e. The third kappa shape index (κ3) is 7.26. The summed E-state index contributed by atoms with van der Waals surface area (Å²) in [7, 11) is 0. The van der Waals surface area contributed by atoms with Crippen LogP contribution in [0.3, 0.4) is 0 Å². The average molecular weight is 596 g/mol. The van der Waals surface area contributed by atoms with Crippen molar-refractivity contribution in [3.8, 4) is 0 Å². The summed E-state index contributed by atoms with van der Waals surface area (Å²) in [6, 6.07) is 2.89. The zero-order chi connectivity index (χ0) is 29.6. The van der Waals surface area contributed by atoms with Crippen molar-refractivity contribution in [3.05, 3.63) is 51.0 Å². The maximum absolute atomic E-state index is 13.1. The molecule has 0 bridgehead atoms. The Balaban J connectivity index is 1.77. The highest BCUT2D eigenvalue weighted by Crippen LogP contribution is 2.20. The first-order valence-electron chi connectivity index (χ1n) is 11.2. The lowest BCUT2D eigenvalue weighted by atomic mass is 9.98. The number of benzene rings is 1. The Hall–Kier alpha value is -4.64. The van der Waals surface area contributed by atoms with Gasteiger partial charge in [0.2, 0.25) is 23.3 Å². The first kappa shape index (κ1) is 29.9. The summed E-state index contributed by atoms with van der Waals surface area (Å²) in [5.41, 5.74) is 3.20. The van der Waals surface area contributed by atoms with Crippen LogP contribution in [0.2, 0.25) is 0 Å². The van der Waals surface area contributed by atoms with E-state index in [1.807, 2.05) is 0 Å². The van der Waals surface area contributed by atoms with E-state index < -0.39 is 57.9 Å². The van der Waals surface area contributed by atoms with Gasteiger partial charge in [0, 0.05) is 17.5 Å². The number of amides is 4. The second kappa shape index (κ2) is 12.5. The van der Waals surface area contributed by atoms with Gasteiger partial charge in [0.05, 0.1) is 4.92 Å². The van der Waals surface area contributed by atoms with E-state index >= 15 is 0 Å². The molecule has 3 rings (SSSR count). The zero-order valence-electron chi connectivity index (χ0n) is 20.8. The highest BCUT2D eigenvalue weighted by atomic mass is 35.5. The quantitative estimate of drug-likeness (QED) is 0.0636. The number of halogens is 1. The fourth-order valence-electron chi connectivity index (χ4n) is 3.01. The number of carbonyl (C=O) groups is 5. The molecule has 1 aromatic carbocycles. The van der Waals surface area contributed by atoms with Gasteiger partial charge in [-0.15, -0.1) is 22.9 Å². The normalized spacial score (nSPS) is 16.7. The molecule has 4 amide bonds.